The monoisotopic (exact) mass is 371 g/mol. The molecule has 1 atom stereocenters. The molecule has 0 fully saturated rings. The molecule has 0 aliphatic rings. The van der Waals surface area contributed by atoms with E-state index < -0.39 is 12.5 Å². The van der Waals surface area contributed by atoms with Crippen molar-refractivity contribution in [1.29, 1.82) is 0 Å². The molecule has 2 N–H and O–H groups in total. The molecule has 21 heavy (non-hydrogen) atoms. The van der Waals surface area contributed by atoms with Gasteiger partial charge in [-0.1, -0.05) is 0 Å². The number of nitrogens with one attached hydrogen (secondary N) is 1. The Labute approximate surface area is 129 Å². The molecule has 0 spiro atoms. The second kappa shape index (κ2) is 7.86. The Hall–Kier alpha value is -0.990. The van der Waals surface area contributed by atoms with Gasteiger partial charge in [-0.2, -0.15) is 0 Å². The van der Waals surface area contributed by atoms with Crippen LogP contribution in [0.1, 0.15) is 13.8 Å². The van der Waals surface area contributed by atoms with E-state index in [4.69, 9.17) is 4.74 Å². The molecule has 0 heterocycles. The normalized spacial score (nSPS) is 13.3. The molecule has 4 nitrogen and oxygen atoms in total. The highest BCUT2D eigenvalue weighted by Gasteiger charge is 2.31. The van der Waals surface area contributed by atoms with E-state index in [1.54, 1.807) is 0 Å². The molecular formula is C13H17BrF3NO3. The SMILES string of the molecule is CC(C)OCC(O)CNc1ccc(OC(F)(F)F)c(Br)c1. The third-order valence-corrected chi connectivity index (χ3v) is 2.94. The minimum atomic E-state index is -4.73. The molecule has 0 saturated heterocycles. The van der Waals surface area contributed by atoms with Gasteiger partial charge in [0.1, 0.15) is 5.75 Å². The van der Waals surface area contributed by atoms with Gasteiger partial charge in [0.15, 0.2) is 0 Å². The fraction of sp³-hybridized carbons (Fsp3) is 0.538. The standard InChI is InChI=1S/C13H17BrF3NO3/c1-8(2)20-7-10(19)6-18-9-3-4-12(11(14)5-9)21-13(15,16)17/h3-5,8,10,18-19H,6-7H2,1-2H3. The molecule has 1 rings (SSSR count). The highest BCUT2D eigenvalue weighted by molar-refractivity contribution is 9.10. The van der Waals surface area contributed by atoms with E-state index in [0.29, 0.717) is 5.69 Å². The smallest absolute Gasteiger partial charge is 0.405 e. The quantitative estimate of drug-likeness (QED) is 0.769. The van der Waals surface area contributed by atoms with Gasteiger partial charge in [0.05, 0.1) is 23.3 Å². The van der Waals surface area contributed by atoms with Crippen molar-refractivity contribution in [2.45, 2.75) is 32.4 Å². The van der Waals surface area contributed by atoms with Crippen LogP contribution in [-0.4, -0.2) is 36.8 Å². The van der Waals surface area contributed by atoms with Crippen LogP contribution in [0.2, 0.25) is 0 Å². The largest absolute Gasteiger partial charge is 0.573 e. The highest BCUT2D eigenvalue weighted by Crippen LogP contribution is 2.32. The third-order valence-electron chi connectivity index (χ3n) is 2.32. The highest BCUT2D eigenvalue weighted by atomic mass is 79.9. The number of ether oxygens (including phenoxy) is 2. The minimum absolute atomic E-state index is 0.0209. The fourth-order valence-electron chi connectivity index (χ4n) is 1.42. The first-order chi connectivity index (χ1) is 9.67. The van der Waals surface area contributed by atoms with Gasteiger partial charge in [-0.15, -0.1) is 13.2 Å². The van der Waals surface area contributed by atoms with Crippen LogP contribution >= 0.6 is 15.9 Å². The van der Waals surface area contributed by atoms with Gasteiger partial charge in [0.2, 0.25) is 0 Å². The van der Waals surface area contributed by atoms with E-state index in [2.05, 4.69) is 26.0 Å². The Bertz CT molecular complexity index is 455. The Morgan fingerprint density at radius 3 is 2.52 bits per heavy atom. The number of anilines is 1. The predicted molar refractivity (Wildman–Crippen MR) is 76.4 cm³/mol. The summed E-state index contributed by atoms with van der Waals surface area (Å²) in [4.78, 5) is 0. The summed E-state index contributed by atoms with van der Waals surface area (Å²) in [6, 6.07) is 4.07. The maximum absolute atomic E-state index is 12.1. The maximum atomic E-state index is 12.1. The molecule has 0 aromatic heterocycles. The molecule has 0 saturated carbocycles. The molecule has 120 valence electrons. The topological polar surface area (TPSA) is 50.7 Å². The summed E-state index contributed by atoms with van der Waals surface area (Å²) >= 11 is 3.00. The zero-order valence-corrected chi connectivity index (χ0v) is 13.2. The van der Waals surface area contributed by atoms with Crippen molar-refractivity contribution < 1.29 is 27.8 Å². The number of rotatable bonds is 7. The Morgan fingerprint density at radius 1 is 1.33 bits per heavy atom. The van der Waals surface area contributed by atoms with E-state index in [-0.39, 0.29) is 29.5 Å². The third kappa shape index (κ3) is 7.54. The van der Waals surface area contributed by atoms with E-state index in [1.807, 2.05) is 13.8 Å². The number of aliphatic hydroxyl groups excluding tert-OH is 1. The lowest BCUT2D eigenvalue weighted by atomic mass is 10.3. The Morgan fingerprint density at radius 2 is 2.00 bits per heavy atom. The average Bonchev–Trinajstić information content (AvgIpc) is 2.35. The van der Waals surface area contributed by atoms with Crippen LogP contribution in [0.15, 0.2) is 22.7 Å². The van der Waals surface area contributed by atoms with Crippen molar-refractivity contribution in [1.82, 2.24) is 0 Å². The lowest BCUT2D eigenvalue weighted by Gasteiger charge is -2.16. The van der Waals surface area contributed by atoms with Crippen molar-refractivity contribution in [2.75, 3.05) is 18.5 Å². The molecule has 1 aromatic carbocycles. The number of hydrogen-bond acceptors (Lipinski definition) is 4. The summed E-state index contributed by atoms with van der Waals surface area (Å²) in [5.74, 6) is -0.322. The minimum Gasteiger partial charge on any atom is -0.405 e. The van der Waals surface area contributed by atoms with Crippen molar-refractivity contribution in [3.63, 3.8) is 0 Å². The van der Waals surface area contributed by atoms with Crippen LogP contribution in [-0.2, 0) is 4.74 Å². The number of hydrogen-bond donors (Lipinski definition) is 2. The van der Waals surface area contributed by atoms with Gasteiger partial charge in [0, 0.05) is 12.2 Å². The predicted octanol–water partition coefficient (Wildman–Crippen LogP) is 3.55. The van der Waals surface area contributed by atoms with Crippen LogP contribution in [0, 0.1) is 0 Å². The molecule has 0 aliphatic heterocycles. The molecule has 0 aliphatic carbocycles. The lowest BCUT2D eigenvalue weighted by Crippen LogP contribution is -2.26. The zero-order chi connectivity index (χ0) is 16.0. The van der Waals surface area contributed by atoms with Crippen LogP contribution in [0.25, 0.3) is 0 Å². The van der Waals surface area contributed by atoms with Crippen LogP contribution in [0.5, 0.6) is 5.75 Å². The maximum Gasteiger partial charge on any atom is 0.573 e. The zero-order valence-electron chi connectivity index (χ0n) is 11.6. The number of benzene rings is 1. The molecule has 1 aromatic rings. The first-order valence-corrected chi connectivity index (χ1v) is 7.05. The Kier molecular flexibility index (Phi) is 6.76. The first kappa shape index (κ1) is 18.1. The molecule has 8 heteroatoms. The van der Waals surface area contributed by atoms with Crippen molar-refractivity contribution >= 4 is 21.6 Å². The summed E-state index contributed by atoms with van der Waals surface area (Å²) in [6.45, 7) is 4.12. The van der Waals surface area contributed by atoms with E-state index in [0.717, 1.165) is 0 Å². The lowest BCUT2D eigenvalue weighted by molar-refractivity contribution is -0.274. The number of aliphatic hydroxyl groups is 1. The average molecular weight is 372 g/mol. The van der Waals surface area contributed by atoms with Crippen molar-refractivity contribution in [3.05, 3.63) is 22.7 Å². The van der Waals surface area contributed by atoms with Crippen LogP contribution in [0.4, 0.5) is 18.9 Å². The van der Waals surface area contributed by atoms with Gasteiger partial charge < -0.3 is 19.9 Å². The van der Waals surface area contributed by atoms with Crippen molar-refractivity contribution in [3.8, 4) is 5.75 Å². The summed E-state index contributed by atoms with van der Waals surface area (Å²) in [5, 5.41) is 12.6. The van der Waals surface area contributed by atoms with E-state index >= 15 is 0 Å². The van der Waals surface area contributed by atoms with Crippen LogP contribution < -0.4 is 10.1 Å². The van der Waals surface area contributed by atoms with Gasteiger partial charge in [-0.3, -0.25) is 0 Å². The summed E-state index contributed by atoms with van der Waals surface area (Å²) < 4.78 is 45.6. The summed E-state index contributed by atoms with van der Waals surface area (Å²) in [5.41, 5.74) is 0.556. The number of alkyl halides is 3. The molecular weight excluding hydrogens is 355 g/mol. The van der Waals surface area contributed by atoms with Gasteiger partial charge >= 0.3 is 6.36 Å². The van der Waals surface area contributed by atoms with Crippen LogP contribution in [0.3, 0.4) is 0 Å². The summed E-state index contributed by atoms with van der Waals surface area (Å²) in [7, 11) is 0. The molecule has 0 radical (unpaired) electrons. The fourth-order valence-corrected chi connectivity index (χ4v) is 1.88. The molecule has 0 bridgehead atoms. The van der Waals surface area contributed by atoms with Crippen molar-refractivity contribution in [2.24, 2.45) is 0 Å². The van der Waals surface area contributed by atoms with Gasteiger partial charge in [-0.25, -0.2) is 0 Å². The first-order valence-electron chi connectivity index (χ1n) is 6.26. The molecule has 0 amide bonds. The Balaban J connectivity index is 2.52. The van der Waals surface area contributed by atoms with Gasteiger partial charge in [-0.05, 0) is 48.0 Å². The van der Waals surface area contributed by atoms with E-state index in [9.17, 15) is 18.3 Å². The number of halogens is 4. The van der Waals surface area contributed by atoms with Gasteiger partial charge in [0.25, 0.3) is 0 Å². The summed E-state index contributed by atoms with van der Waals surface area (Å²) in [6.07, 6.45) is -5.42. The van der Waals surface area contributed by atoms with E-state index in [1.165, 1.54) is 18.2 Å². The second-order valence-electron chi connectivity index (χ2n) is 4.61. The molecule has 1 unspecified atom stereocenters. The second-order valence-corrected chi connectivity index (χ2v) is 5.46.